The standard InChI is InChI=1S/C18H25N3OS.HI/c1-3-19-18(21-13-15-6-8-16(22)9-7-15)20-12-14(2)11-17-5-4-10-23-17;/h4-10,14,22H,3,11-13H2,1-2H3,(H2,19,20,21);1H. The van der Waals surface area contributed by atoms with E-state index in [4.69, 9.17) is 0 Å². The van der Waals surface area contributed by atoms with Gasteiger partial charge in [0.25, 0.3) is 0 Å². The second-order valence-electron chi connectivity index (χ2n) is 5.63. The second kappa shape index (κ2) is 11.3. The van der Waals surface area contributed by atoms with E-state index in [1.54, 1.807) is 12.1 Å². The molecule has 0 saturated carbocycles. The molecule has 1 aromatic carbocycles. The van der Waals surface area contributed by atoms with Crippen molar-refractivity contribution < 1.29 is 5.11 Å². The summed E-state index contributed by atoms with van der Waals surface area (Å²) < 4.78 is 0. The molecule has 0 fully saturated rings. The van der Waals surface area contributed by atoms with Crippen molar-refractivity contribution in [3.05, 3.63) is 52.2 Å². The summed E-state index contributed by atoms with van der Waals surface area (Å²) >= 11 is 1.81. The number of nitrogens with zero attached hydrogens (tertiary/aromatic N) is 1. The largest absolute Gasteiger partial charge is 0.508 e. The Labute approximate surface area is 165 Å². The monoisotopic (exact) mass is 459 g/mol. The summed E-state index contributed by atoms with van der Waals surface area (Å²) in [4.78, 5) is 6.02. The SMILES string of the molecule is CCNC(=NCc1ccc(O)cc1)NCC(C)Cc1cccs1.I. The Morgan fingerprint density at radius 2 is 1.96 bits per heavy atom. The minimum absolute atomic E-state index is 0. The van der Waals surface area contributed by atoms with Crippen LogP contribution in [0, 0.1) is 5.92 Å². The molecule has 132 valence electrons. The highest BCUT2D eigenvalue weighted by molar-refractivity contribution is 14.0. The summed E-state index contributed by atoms with van der Waals surface area (Å²) in [6.07, 6.45) is 1.09. The van der Waals surface area contributed by atoms with Gasteiger partial charge in [-0.3, -0.25) is 0 Å². The van der Waals surface area contributed by atoms with Crippen LogP contribution in [0.5, 0.6) is 5.75 Å². The highest BCUT2D eigenvalue weighted by atomic mass is 127. The first-order valence-corrected chi connectivity index (χ1v) is 8.87. The molecule has 2 rings (SSSR count). The van der Waals surface area contributed by atoms with E-state index in [9.17, 15) is 5.11 Å². The first-order chi connectivity index (χ1) is 11.2. The maximum atomic E-state index is 9.31. The number of rotatable bonds is 7. The van der Waals surface area contributed by atoms with Gasteiger partial charge in [0, 0.05) is 18.0 Å². The summed E-state index contributed by atoms with van der Waals surface area (Å²) in [6.45, 7) is 6.62. The summed E-state index contributed by atoms with van der Waals surface area (Å²) in [6, 6.07) is 11.4. The van der Waals surface area contributed by atoms with Crippen LogP contribution in [0.3, 0.4) is 0 Å². The second-order valence-corrected chi connectivity index (χ2v) is 6.66. The van der Waals surface area contributed by atoms with Crippen molar-refractivity contribution in [1.82, 2.24) is 10.6 Å². The summed E-state index contributed by atoms with van der Waals surface area (Å²) in [7, 11) is 0. The maximum Gasteiger partial charge on any atom is 0.191 e. The number of benzene rings is 1. The maximum absolute atomic E-state index is 9.31. The third-order valence-electron chi connectivity index (χ3n) is 3.45. The van der Waals surface area contributed by atoms with E-state index >= 15 is 0 Å². The Hall–Kier alpha value is -1.28. The minimum atomic E-state index is 0. The van der Waals surface area contributed by atoms with Crippen molar-refractivity contribution in [2.45, 2.75) is 26.8 Å². The van der Waals surface area contributed by atoms with Gasteiger partial charge >= 0.3 is 0 Å². The molecule has 0 radical (unpaired) electrons. The topological polar surface area (TPSA) is 56.7 Å². The average molecular weight is 459 g/mol. The molecule has 0 bridgehead atoms. The first-order valence-electron chi connectivity index (χ1n) is 8.00. The number of aliphatic imine (C=N–C) groups is 1. The fraction of sp³-hybridized carbons (Fsp3) is 0.389. The molecule has 24 heavy (non-hydrogen) atoms. The van der Waals surface area contributed by atoms with E-state index in [1.165, 1.54) is 4.88 Å². The number of nitrogens with one attached hydrogen (secondary N) is 2. The molecule has 0 aliphatic carbocycles. The fourth-order valence-electron chi connectivity index (χ4n) is 2.23. The number of thiophene rings is 1. The molecule has 1 heterocycles. The average Bonchev–Trinajstić information content (AvgIpc) is 3.04. The molecule has 0 aliphatic heterocycles. The molecule has 1 unspecified atom stereocenters. The third-order valence-corrected chi connectivity index (χ3v) is 4.35. The molecule has 0 spiro atoms. The molecular formula is C18H26IN3OS. The molecule has 4 nitrogen and oxygen atoms in total. The van der Waals surface area contributed by atoms with Crippen molar-refractivity contribution in [2.24, 2.45) is 10.9 Å². The van der Waals surface area contributed by atoms with Crippen molar-refractivity contribution in [3.63, 3.8) is 0 Å². The lowest BCUT2D eigenvalue weighted by molar-refractivity contribution is 0.475. The van der Waals surface area contributed by atoms with Gasteiger partial charge in [-0.1, -0.05) is 25.1 Å². The summed E-state index contributed by atoms with van der Waals surface area (Å²) in [5.41, 5.74) is 1.08. The van der Waals surface area contributed by atoms with Gasteiger partial charge in [-0.15, -0.1) is 35.3 Å². The molecule has 2 aromatic rings. The van der Waals surface area contributed by atoms with Crippen LogP contribution >= 0.6 is 35.3 Å². The molecule has 0 aliphatic rings. The number of aromatic hydroxyl groups is 1. The van der Waals surface area contributed by atoms with E-state index in [0.717, 1.165) is 31.0 Å². The van der Waals surface area contributed by atoms with Gasteiger partial charge in [0.2, 0.25) is 0 Å². The van der Waals surface area contributed by atoms with Crippen LogP contribution in [0.15, 0.2) is 46.8 Å². The molecule has 0 saturated heterocycles. The molecule has 1 atom stereocenters. The van der Waals surface area contributed by atoms with Gasteiger partial charge in [0.1, 0.15) is 5.75 Å². The third kappa shape index (κ3) is 7.53. The van der Waals surface area contributed by atoms with E-state index in [-0.39, 0.29) is 29.7 Å². The zero-order valence-electron chi connectivity index (χ0n) is 14.2. The predicted octanol–water partition coefficient (Wildman–Crippen LogP) is 4.01. The highest BCUT2D eigenvalue weighted by Gasteiger charge is 2.06. The summed E-state index contributed by atoms with van der Waals surface area (Å²) in [5.74, 6) is 1.66. The Kier molecular flexibility index (Phi) is 9.78. The van der Waals surface area contributed by atoms with Crippen LogP contribution in [0.25, 0.3) is 0 Å². The van der Waals surface area contributed by atoms with Crippen LogP contribution in [-0.2, 0) is 13.0 Å². The number of halogens is 1. The van der Waals surface area contributed by atoms with Crippen LogP contribution in [-0.4, -0.2) is 24.2 Å². The van der Waals surface area contributed by atoms with Gasteiger partial charge in [-0.2, -0.15) is 0 Å². The van der Waals surface area contributed by atoms with Gasteiger partial charge in [0.15, 0.2) is 5.96 Å². The van der Waals surface area contributed by atoms with Crippen molar-refractivity contribution >= 4 is 41.3 Å². The van der Waals surface area contributed by atoms with Crippen molar-refractivity contribution in [2.75, 3.05) is 13.1 Å². The lowest BCUT2D eigenvalue weighted by Crippen LogP contribution is -2.39. The molecule has 3 N–H and O–H groups in total. The van der Waals surface area contributed by atoms with Gasteiger partial charge < -0.3 is 15.7 Å². The number of guanidine groups is 1. The molecule has 0 amide bonds. The van der Waals surface area contributed by atoms with Crippen LogP contribution in [0.2, 0.25) is 0 Å². The zero-order chi connectivity index (χ0) is 16.5. The lowest BCUT2D eigenvalue weighted by Gasteiger charge is -2.15. The minimum Gasteiger partial charge on any atom is -0.508 e. The van der Waals surface area contributed by atoms with E-state index in [0.29, 0.717) is 12.5 Å². The first kappa shape index (κ1) is 20.8. The van der Waals surface area contributed by atoms with Crippen LogP contribution in [0.4, 0.5) is 0 Å². The number of phenolic OH excluding ortho intramolecular Hbond substituents is 1. The zero-order valence-corrected chi connectivity index (χ0v) is 17.3. The molecular weight excluding hydrogens is 433 g/mol. The molecule has 6 heteroatoms. The van der Waals surface area contributed by atoms with Gasteiger partial charge in [-0.05, 0) is 48.4 Å². The number of hydrogen-bond acceptors (Lipinski definition) is 3. The van der Waals surface area contributed by atoms with Gasteiger partial charge in [-0.25, -0.2) is 4.99 Å². The van der Waals surface area contributed by atoms with Crippen LogP contribution in [0.1, 0.15) is 24.3 Å². The Balaban J connectivity index is 0.00000288. The smallest absolute Gasteiger partial charge is 0.191 e. The Morgan fingerprint density at radius 3 is 2.58 bits per heavy atom. The fourth-order valence-corrected chi connectivity index (χ4v) is 3.10. The quantitative estimate of drug-likeness (QED) is 0.333. The van der Waals surface area contributed by atoms with Crippen molar-refractivity contribution in [1.29, 1.82) is 0 Å². The van der Waals surface area contributed by atoms with Crippen LogP contribution < -0.4 is 10.6 Å². The Morgan fingerprint density at radius 1 is 1.21 bits per heavy atom. The highest BCUT2D eigenvalue weighted by Crippen LogP contribution is 2.14. The lowest BCUT2D eigenvalue weighted by atomic mass is 10.1. The van der Waals surface area contributed by atoms with E-state index in [1.807, 2.05) is 23.5 Å². The molecule has 1 aromatic heterocycles. The van der Waals surface area contributed by atoms with Gasteiger partial charge in [0.05, 0.1) is 6.54 Å². The predicted molar refractivity (Wildman–Crippen MR) is 114 cm³/mol. The van der Waals surface area contributed by atoms with Crippen molar-refractivity contribution in [3.8, 4) is 5.75 Å². The normalized spacial score (nSPS) is 12.3. The summed E-state index contributed by atoms with van der Waals surface area (Å²) in [5, 5.41) is 18.1. The Bertz CT molecular complexity index is 599. The van der Waals surface area contributed by atoms with E-state index in [2.05, 4.69) is 47.0 Å². The number of phenols is 1. The number of hydrogen-bond donors (Lipinski definition) is 3. The van der Waals surface area contributed by atoms with E-state index < -0.39 is 0 Å².